The monoisotopic (exact) mass is 335 g/mol. The summed E-state index contributed by atoms with van der Waals surface area (Å²) in [5, 5.41) is 0. The normalized spacial score (nSPS) is 5.14. The van der Waals surface area contributed by atoms with Crippen LogP contribution in [0.4, 0.5) is 0 Å². The van der Waals surface area contributed by atoms with E-state index in [1.807, 2.05) is 13.8 Å². The van der Waals surface area contributed by atoms with E-state index in [-0.39, 0.29) is 23.7 Å². The maximum Gasteiger partial charge on any atom is 0 e. The van der Waals surface area contributed by atoms with Gasteiger partial charge in [-0.15, -0.1) is 0 Å². The van der Waals surface area contributed by atoms with Crippen LogP contribution in [-0.2, 0) is 50.1 Å². The molecule has 114 valence electrons. The van der Waals surface area contributed by atoms with E-state index < -0.39 is 0 Å². The summed E-state index contributed by atoms with van der Waals surface area (Å²) in [7, 11) is 0. The predicted molar refractivity (Wildman–Crippen MR) is 58.2 cm³/mol. The van der Waals surface area contributed by atoms with Crippen LogP contribution in [0.3, 0.4) is 0 Å². The van der Waals surface area contributed by atoms with E-state index in [2.05, 4.69) is 38.1 Å². The fraction of sp³-hybridized carbons (Fsp3) is 0.500. The second kappa shape index (κ2) is 99.3. The van der Waals surface area contributed by atoms with Crippen molar-refractivity contribution in [2.45, 2.75) is 20.1 Å². The first kappa shape index (κ1) is 42.7. The van der Waals surface area contributed by atoms with Crippen molar-refractivity contribution in [3.8, 4) is 0 Å². The predicted octanol–water partition coefficient (Wildman–Crippen LogP) is 1.11. The summed E-state index contributed by atoms with van der Waals surface area (Å²) in [5.41, 5.74) is 0. The molecule has 0 aliphatic heterocycles. The van der Waals surface area contributed by atoms with Crippen LogP contribution < -0.4 is 0 Å². The van der Waals surface area contributed by atoms with Crippen molar-refractivity contribution >= 4 is 0 Å². The molecule has 0 aromatic heterocycles. The van der Waals surface area contributed by atoms with Gasteiger partial charge in [0.2, 0.25) is 6.29 Å². The summed E-state index contributed by atoms with van der Waals surface area (Å²) < 4.78 is 47.7. The Kier molecular flexibility index (Phi) is 202. The minimum Gasteiger partial charge on any atom is 0 e. The molecular formula is C12H13CrNO7. The van der Waals surface area contributed by atoms with Crippen molar-refractivity contribution in [2.24, 2.45) is 0 Å². The minimum atomic E-state index is -0.326. The molecular weight excluding hydrogens is 322 g/mol. The summed E-state index contributed by atoms with van der Waals surface area (Å²) in [5.74, 6) is 0. The molecule has 0 bridgehead atoms. The zero-order valence-corrected chi connectivity index (χ0v) is 12.7. The average Bonchev–Trinajstić information content (AvgIpc) is 2.58. The summed E-state index contributed by atoms with van der Waals surface area (Å²) in [4.78, 5) is 3.17. The van der Waals surface area contributed by atoms with E-state index in [0.717, 1.165) is 0 Å². The molecule has 0 amide bonds. The van der Waals surface area contributed by atoms with Crippen molar-refractivity contribution in [1.29, 1.82) is 0 Å². The SMILES string of the molecule is [C-]#[N+]CC(OCC)OCC.[C-]#[O+].[C-]#[O+].[C-]#[O+].[C-]#[O+].[C-]#[O+].[Cr]. The standard InChI is InChI=1S/C7H13NO2.5CO.Cr/c1-4-9-7(6-8-3)10-5-2;5*1-2;/h7H,4-6H2,1-2H3;;;;;;. The van der Waals surface area contributed by atoms with Gasteiger partial charge in [-0.25, -0.2) is 6.57 Å². The van der Waals surface area contributed by atoms with Gasteiger partial charge in [0.05, 0.1) is 0 Å². The molecule has 8 nitrogen and oxygen atoms in total. The zero-order chi connectivity index (χ0) is 17.8. The molecule has 0 N–H and O–H groups in total. The Bertz CT molecular complexity index is 237. The molecule has 0 saturated heterocycles. The molecule has 0 unspecified atom stereocenters. The van der Waals surface area contributed by atoms with Gasteiger partial charge in [0.1, 0.15) is 0 Å². The molecule has 0 atom stereocenters. The third-order valence-corrected chi connectivity index (χ3v) is 0.945. The summed E-state index contributed by atoms with van der Waals surface area (Å²) in [6.07, 6.45) is -0.326. The molecule has 0 fully saturated rings. The van der Waals surface area contributed by atoms with Crippen molar-refractivity contribution in [1.82, 2.24) is 0 Å². The topological polar surface area (TPSA) is 122 Å². The van der Waals surface area contributed by atoms with Gasteiger partial charge in [-0.05, 0) is 13.8 Å². The molecule has 0 heterocycles. The van der Waals surface area contributed by atoms with Crippen molar-refractivity contribution in [3.63, 3.8) is 0 Å². The number of hydrogen-bond acceptors (Lipinski definition) is 2. The molecule has 0 aliphatic carbocycles. The number of rotatable bonds is 5. The molecule has 0 saturated carbocycles. The second-order valence-corrected chi connectivity index (χ2v) is 1.68. The van der Waals surface area contributed by atoms with Crippen LogP contribution >= 0.6 is 0 Å². The smallest absolute Gasteiger partial charge is 0 e. The molecule has 21 heavy (non-hydrogen) atoms. The van der Waals surface area contributed by atoms with E-state index in [1.165, 1.54) is 0 Å². The number of hydrogen-bond donors (Lipinski definition) is 0. The maximum atomic E-state index is 7.50. The van der Waals surface area contributed by atoms with Crippen LogP contribution in [-0.4, -0.2) is 26.0 Å². The van der Waals surface area contributed by atoms with Gasteiger partial charge < -0.3 is 14.3 Å². The molecule has 9 heteroatoms. The van der Waals surface area contributed by atoms with Crippen LogP contribution in [0.15, 0.2) is 0 Å². The second-order valence-electron chi connectivity index (χ2n) is 1.68. The minimum absolute atomic E-state index is 0. The van der Waals surface area contributed by atoms with Crippen LogP contribution in [0.2, 0.25) is 0 Å². The Hall–Kier alpha value is -1.36. The van der Waals surface area contributed by atoms with Crippen molar-refractivity contribution in [2.75, 3.05) is 19.8 Å². The Morgan fingerprint density at radius 2 is 1.00 bits per heavy atom. The van der Waals surface area contributed by atoms with Gasteiger partial charge in [-0.2, -0.15) is 0 Å². The Balaban J connectivity index is -0.0000000303. The maximum absolute atomic E-state index is 7.50. The van der Waals surface area contributed by atoms with Crippen molar-refractivity contribution < 1.29 is 50.1 Å². The third kappa shape index (κ3) is 88.4. The van der Waals surface area contributed by atoms with Crippen molar-refractivity contribution in [3.05, 3.63) is 44.7 Å². The van der Waals surface area contributed by atoms with E-state index in [1.54, 1.807) is 0 Å². The van der Waals surface area contributed by atoms with Gasteiger partial charge in [-0.3, -0.25) is 0 Å². The van der Waals surface area contributed by atoms with Crippen LogP contribution in [0.25, 0.3) is 4.85 Å². The van der Waals surface area contributed by atoms with Gasteiger partial charge in [-0.1, -0.05) is 0 Å². The first-order valence-electron chi connectivity index (χ1n) is 4.43. The van der Waals surface area contributed by atoms with E-state index >= 15 is 0 Å². The third-order valence-electron chi connectivity index (χ3n) is 0.945. The molecule has 0 aromatic carbocycles. The molecule has 0 aromatic rings. The summed E-state index contributed by atoms with van der Waals surface area (Å²) >= 11 is 0. The average molecular weight is 335 g/mol. The number of nitrogens with zero attached hydrogens (tertiary/aromatic N) is 1. The first-order chi connectivity index (χ1) is 9.85. The van der Waals surface area contributed by atoms with Gasteiger partial charge in [0, 0.05) is 30.6 Å². The van der Waals surface area contributed by atoms with Gasteiger partial charge in [0.15, 0.2) is 0 Å². The zero-order valence-electron chi connectivity index (χ0n) is 11.4. The van der Waals surface area contributed by atoms with Crippen LogP contribution in [0, 0.1) is 39.8 Å². The van der Waals surface area contributed by atoms with Crippen LogP contribution in [0.5, 0.6) is 0 Å². The van der Waals surface area contributed by atoms with E-state index in [9.17, 15) is 0 Å². The van der Waals surface area contributed by atoms with Crippen LogP contribution in [0.1, 0.15) is 13.8 Å². The Morgan fingerprint density at radius 3 is 1.14 bits per heavy atom. The molecule has 0 aliphatic rings. The van der Waals surface area contributed by atoms with Gasteiger partial charge >= 0.3 is 56.5 Å². The molecule has 0 rings (SSSR count). The Labute approximate surface area is 135 Å². The summed E-state index contributed by atoms with van der Waals surface area (Å²) in [6.45, 7) is 34.3. The van der Waals surface area contributed by atoms with E-state index in [4.69, 9.17) is 39.3 Å². The quantitative estimate of drug-likeness (QED) is 0.424. The van der Waals surface area contributed by atoms with E-state index in [0.29, 0.717) is 19.8 Å². The fourth-order valence-electron chi connectivity index (χ4n) is 0.600. The first-order valence-corrected chi connectivity index (χ1v) is 4.43. The molecule has 0 spiro atoms. The largest absolute Gasteiger partial charge is 0 e. The van der Waals surface area contributed by atoms with Gasteiger partial charge in [0.25, 0.3) is 6.54 Å². The summed E-state index contributed by atoms with van der Waals surface area (Å²) in [6, 6.07) is 0. The Morgan fingerprint density at radius 1 is 0.762 bits per heavy atom. The molecule has 0 radical (unpaired) electrons. The fourth-order valence-corrected chi connectivity index (χ4v) is 0.600. The number of ether oxygens (including phenoxy) is 2.